The number of hydrogen-bond acceptors (Lipinski definition) is 2. The van der Waals surface area contributed by atoms with Crippen molar-refractivity contribution in [2.24, 2.45) is 0 Å². The van der Waals surface area contributed by atoms with Crippen LogP contribution in [0.25, 0.3) is 0 Å². The van der Waals surface area contributed by atoms with Gasteiger partial charge in [-0.15, -0.1) is 0 Å². The van der Waals surface area contributed by atoms with Gasteiger partial charge in [0, 0.05) is 14.9 Å². The molecular formula is C16H19IN2. The Labute approximate surface area is 128 Å². The summed E-state index contributed by atoms with van der Waals surface area (Å²) in [5.41, 5.74) is 10.2. The predicted octanol–water partition coefficient (Wildman–Crippen LogP) is 4.91. The Kier molecular flexibility index (Phi) is 4.04. The molecule has 0 aromatic heterocycles. The Hall–Kier alpha value is -1.23. The third-order valence-corrected chi connectivity index (χ3v) is 3.89. The number of nitrogen functional groups attached to an aromatic ring is 1. The number of benzene rings is 2. The smallest absolute Gasteiger partial charge is 0.0521 e. The molecule has 2 aromatic carbocycles. The molecule has 0 aliphatic heterocycles. The fraction of sp³-hybridized carbons (Fsp3) is 0.250. The second-order valence-electron chi connectivity index (χ2n) is 5.66. The second-order valence-corrected chi connectivity index (χ2v) is 6.82. The van der Waals surface area contributed by atoms with Crippen molar-refractivity contribution in [3.05, 3.63) is 51.6 Å². The summed E-state index contributed by atoms with van der Waals surface area (Å²) >= 11 is 2.30. The van der Waals surface area contributed by atoms with E-state index in [1.165, 1.54) is 5.56 Å². The van der Waals surface area contributed by atoms with E-state index in [9.17, 15) is 0 Å². The van der Waals surface area contributed by atoms with E-state index in [0.717, 1.165) is 20.6 Å². The molecule has 0 radical (unpaired) electrons. The van der Waals surface area contributed by atoms with E-state index in [2.05, 4.69) is 72.9 Å². The van der Waals surface area contributed by atoms with Gasteiger partial charge in [0.05, 0.1) is 5.69 Å². The zero-order chi connectivity index (χ0) is 14.0. The first kappa shape index (κ1) is 14.2. The van der Waals surface area contributed by atoms with E-state index in [0.29, 0.717) is 0 Å². The van der Waals surface area contributed by atoms with Crippen molar-refractivity contribution in [1.82, 2.24) is 0 Å². The predicted molar refractivity (Wildman–Crippen MR) is 92.0 cm³/mol. The number of nitrogens with two attached hydrogens (primary N) is 1. The Balaban J connectivity index is 2.39. The first-order valence-electron chi connectivity index (χ1n) is 6.29. The Bertz CT molecular complexity index is 586. The van der Waals surface area contributed by atoms with Crippen LogP contribution in [-0.4, -0.2) is 0 Å². The number of hydrogen-bond donors (Lipinski definition) is 2. The van der Waals surface area contributed by atoms with Crippen LogP contribution in [0, 0.1) is 3.57 Å². The van der Waals surface area contributed by atoms with Crippen LogP contribution in [0.3, 0.4) is 0 Å². The summed E-state index contributed by atoms with van der Waals surface area (Å²) in [6.07, 6.45) is 0. The topological polar surface area (TPSA) is 38.0 Å². The number of anilines is 3. The van der Waals surface area contributed by atoms with Gasteiger partial charge in [0.2, 0.25) is 0 Å². The number of para-hydroxylation sites is 1. The molecule has 2 nitrogen and oxygen atoms in total. The Morgan fingerprint density at radius 3 is 2.32 bits per heavy atom. The first-order chi connectivity index (χ1) is 8.88. The summed E-state index contributed by atoms with van der Waals surface area (Å²) < 4.78 is 1.13. The highest BCUT2D eigenvalue weighted by Gasteiger charge is 2.17. The molecule has 2 rings (SSSR count). The molecular weight excluding hydrogens is 347 g/mol. The fourth-order valence-electron chi connectivity index (χ4n) is 2.02. The zero-order valence-corrected chi connectivity index (χ0v) is 13.7. The SMILES string of the molecule is CC(C)(C)c1ccccc1Nc1ccc(N)cc1I. The number of nitrogens with one attached hydrogen (secondary N) is 1. The summed E-state index contributed by atoms with van der Waals surface area (Å²) in [5, 5.41) is 3.51. The summed E-state index contributed by atoms with van der Waals surface area (Å²) in [7, 11) is 0. The summed E-state index contributed by atoms with van der Waals surface area (Å²) in [4.78, 5) is 0. The van der Waals surface area contributed by atoms with Crippen LogP contribution >= 0.6 is 22.6 Å². The van der Waals surface area contributed by atoms with Crippen molar-refractivity contribution in [3.63, 3.8) is 0 Å². The molecule has 0 heterocycles. The van der Waals surface area contributed by atoms with Crippen molar-refractivity contribution >= 4 is 39.7 Å². The molecule has 0 amide bonds. The van der Waals surface area contributed by atoms with E-state index in [-0.39, 0.29) is 5.41 Å². The van der Waals surface area contributed by atoms with E-state index >= 15 is 0 Å². The minimum absolute atomic E-state index is 0.114. The van der Waals surface area contributed by atoms with Gasteiger partial charge in [-0.05, 0) is 57.8 Å². The maximum absolute atomic E-state index is 5.79. The highest BCUT2D eigenvalue weighted by atomic mass is 127. The third-order valence-electron chi connectivity index (χ3n) is 3.00. The summed E-state index contributed by atoms with van der Waals surface area (Å²) in [6, 6.07) is 14.4. The monoisotopic (exact) mass is 366 g/mol. The lowest BCUT2D eigenvalue weighted by atomic mass is 9.86. The van der Waals surface area contributed by atoms with Gasteiger partial charge >= 0.3 is 0 Å². The Morgan fingerprint density at radius 1 is 1.00 bits per heavy atom. The quantitative estimate of drug-likeness (QED) is 0.585. The van der Waals surface area contributed by atoms with Gasteiger partial charge in [0.1, 0.15) is 0 Å². The van der Waals surface area contributed by atoms with Crippen molar-refractivity contribution in [3.8, 4) is 0 Å². The third kappa shape index (κ3) is 3.41. The molecule has 0 saturated heterocycles. The lowest BCUT2D eigenvalue weighted by Crippen LogP contribution is -2.13. The molecule has 100 valence electrons. The van der Waals surface area contributed by atoms with Gasteiger partial charge in [-0.25, -0.2) is 0 Å². The largest absolute Gasteiger partial charge is 0.399 e. The minimum Gasteiger partial charge on any atom is -0.399 e. The molecule has 0 unspecified atom stereocenters. The molecule has 0 spiro atoms. The highest BCUT2D eigenvalue weighted by molar-refractivity contribution is 14.1. The molecule has 19 heavy (non-hydrogen) atoms. The normalized spacial score (nSPS) is 11.4. The van der Waals surface area contributed by atoms with E-state index < -0.39 is 0 Å². The van der Waals surface area contributed by atoms with Crippen LogP contribution in [-0.2, 0) is 5.41 Å². The maximum atomic E-state index is 5.79. The van der Waals surface area contributed by atoms with Crippen molar-refractivity contribution in [2.45, 2.75) is 26.2 Å². The Morgan fingerprint density at radius 2 is 1.68 bits per heavy atom. The van der Waals surface area contributed by atoms with Crippen LogP contribution in [0.1, 0.15) is 26.3 Å². The first-order valence-corrected chi connectivity index (χ1v) is 7.37. The van der Waals surface area contributed by atoms with Crippen LogP contribution in [0.5, 0.6) is 0 Å². The summed E-state index contributed by atoms with van der Waals surface area (Å²) in [6.45, 7) is 6.67. The molecule has 0 aliphatic rings. The molecule has 2 aromatic rings. The fourth-order valence-corrected chi connectivity index (χ4v) is 2.70. The van der Waals surface area contributed by atoms with Crippen LogP contribution in [0.2, 0.25) is 0 Å². The van der Waals surface area contributed by atoms with Crippen LogP contribution in [0.15, 0.2) is 42.5 Å². The van der Waals surface area contributed by atoms with Crippen LogP contribution < -0.4 is 11.1 Å². The van der Waals surface area contributed by atoms with Crippen LogP contribution in [0.4, 0.5) is 17.1 Å². The number of rotatable bonds is 2. The standard InChI is InChI=1S/C16H19IN2/c1-16(2,3)12-6-4-5-7-14(12)19-15-9-8-11(18)10-13(15)17/h4-10,19H,18H2,1-3H3. The maximum Gasteiger partial charge on any atom is 0.0521 e. The van der Waals surface area contributed by atoms with Gasteiger partial charge in [-0.1, -0.05) is 39.0 Å². The van der Waals surface area contributed by atoms with Gasteiger partial charge in [-0.2, -0.15) is 0 Å². The molecule has 0 atom stereocenters. The van der Waals surface area contributed by atoms with Gasteiger partial charge in [-0.3, -0.25) is 0 Å². The molecule has 3 heteroatoms. The molecule has 3 N–H and O–H groups in total. The van der Waals surface area contributed by atoms with Gasteiger partial charge in [0.15, 0.2) is 0 Å². The minimum atomic E-state index is 0.114. The second kappa shape index (κ2) is 5.41. The average Bonchev–Trinajstić information content (AvgIpc) is 2.32. The van der Waals surface area contributed by atoms with Gasteiger partial charge in [0.25, 0.3) is 0 Å². The highest BCUT2D eigenvalue weighted by Crippen LogP contribution is 2.32. The lowest BCUT2D eigenvalue weighted by molar-refractivity contribution is 0.592. The molecule has 0 saturated carbocycles. The average molecular weight is 366 g/mol. The molecule has 0 fully saturated rings. The molecule has 0 bridgehead atoms. The van der Waals surface area contributed by atoms with Crippen molar-refractivity contribution < 1.29 is 0 Å². The van der Waals surface area contributed by atoms with E-state index in [1.807, 2.05) is 18.2 Å². The number of halogens is 1. The van der Waals surface area contributed by atoms with E-state index in [4.69, 9.17) is 5.73 Å². The van der Waals surface area contributed by atoms with E-state index in [1.54, 1.807) is 0 Å². The lowest BCUT2D eigenvalue weighted by Gasteiger charge is -2.23. The van der Waals surface area contributed by atoms with Gasteiger partial charge < -0.3 is 11.1 Å². The molecule has 0 aliphatic carbocycles. The summed E-state index contributed by atoms with van der Waals surface area (Å²) in [5.74, 6) is 0. The van der Waals surface area contributed by atoms with Crippen molar-refractivity contribution in [2.75, 3.05) is 11.1 Å². The zero-order valence-electron chi connectivity index (χ0n) is 11.5. The van der Waals surface area contributed by atoms with Crippen molar-refractivity contribution in [1.29, 1.82) is 0 Å².